The molecule has 1 aromatic carbocycles. The van der Waals surface area contributed by atoms with Gasteiger partial charge in [0.15, 0.2) is 5.69 Å². The fourth-order valence-electron chi connectivity index (χ4n) is 1.81. The molecule has 0 spiro atoms. The molecule has 0 saturated carbocycles. The number of aryl methyl sites for hydroxylation is 1. The van der Waals surface area contributed by atoms with E-state index in [1.54, 1.807) is 24.3 Å². The zero-order valence-electron chi connectivity index (χ0n) is 10.8. The minimum absolute atomic E-state index is 0.0272. The Hall–Kier alpha value is -2.67. The van der Waals surface area contributed by atoms with E-state index in [4.69, 9.17) is 16.1 Å². The number of hydrogen-bond donors (Lipinski definition) is 1. The molecule has 3 aromatic rings. The van der Waals surface area contributed by atoms with Crippen molar-refractivity contribution in [3.8, 4) is 0 Å². The molecule has 106 valence electrons. The van der Waals surface area contributed by atoms with Gasteiger partial charge in [-0.15, -0.1) is 0 Å². The van der Waals surface area contributed by atoms with Crippen LogP contribution in [0.1, 0.15) is 10.5 Å². The van der Waals surface area contributed by atoms with Crippen molar-refractivity contribution >= 4 is 34.3 Å². The maximum Gasteiger partial charge on any atom is 0.278 e. The van der Waals surface area contributed by atoms with Crippen LogP contribution in [0.5, 0.6) is 0 Å². The average molecular weight is 305 g/mol. The lowest BCUT2D eigenvalue weighted by Gasteiger charge is -2.02. The number of carbonyl (C=O) groups is 1. The monoisotopic (exact) mass is 304 g/mol. The maximum absolute atomic E-state index is 12.2. The Bertz CT molecular complexity index is 883. The minimum atomic E-state index is -0.554. The predicted molar refractivity (Wildman–Crippen MR) is 76.5 cm³/mol. The van der Waals surface area contributed by atoms with Crippen LogP contribution in [0.15, 0.2) is 39.9 Å². The molecule has 1 N–H and O–H groups in total. The number of carbonyl (C=O) groups excluding carboxylic acids is 1. The van der Waals surface area contributed by atoms with E-state index in [2.05, 4.69) is 15.5 Å². The first-order chi connectivity index (χ1) is 10.1. The van der Waals surface area contributed by atoms with E-state index in [1.165, 1.54) is 17.9 Å². The van der Waals surface area contributed by atoms with Gasteiger partial charge in [-0.1, -0.05) is 16.8 Å². The van der Waals surface area contributed by atoms with E-state index in [0.717, 1.165) is 0 Å². The van der Waals surface area contributed by atoms with Crippen LogP contribution in [-0.2, 0) is 7.05 Å². The molecular formula is C13H9ClN4O3. The Morgan fingerprint density at radius 3 is 2.76 bits per heavy atom. The first-order valence-electron chi connectivity index (χ1n) is 5.94. The molecule has 0 saturated heterocycles. The van der Waals surface area contributed by atoms with Gasteiger partial charge in [-0.25, -0.2) is 4.98 Å². The summed E-state index contributed by atoms with van der Waals surface area (Å²) in [7, 11) is 1.53. The fourth-order valence-corrected chi connectivity index (χ4v) is 1.93. The third-order valence-corrected chi connectivity index (χ3v) is 3.13. The number of aromatic nitrogens is 3. The first-order valence-corrected chi connectivity index (χ1v) is 6.32. The Kier molecular flexibility index (Phi) is 3.19. The largest absolute Gasteiger partial charge is 0.335 e. The van der Waals surface area contributed by atoms with Gasteiger partial charge in [0.25, 0.3) is 17.2 Å². The van der Waals surface area contributed by atoms with Crippen LogP contribution in [0.25, 0.3) is 11.1 Å². The van der Waals surface area contributed by atoms with Gasteiger partial charge in [0.2, 0.25) is 0 Å². The van der Waals surface area contributed by atoms with Gasteiger partial charge in [-0.2, -0.15) is 0 Å². The van der Waals surface area contributed by atoms with E-state index < -0.39 is 11.5 Å². The minimum Gasteiger partial charge on any atom is -0.335 e. The summed E-state index contributed by atoms with van der Waals surface area (Å²) in [4.78, 5) is 28.1. The molecule has 0 aliphatic rings. The summed E-state index contributed by atoms with van der Waals surface area (Å²) < 4.78 is 6.16. The van der Waals surface area contributed by atoms with Crippen molar-refractivity contribution in [3.63, 3.8) is 0 Å². The fraction of sp³-hybridized carbons (Fsp3) is 0.0769. The van der Waals surface area contributed by atoms with Crippen molar-refractivity contribution in [2.24, 2.45) is 7.05 Å². The molecule has 0 aliphatic heterocycles. The highest BCUT2D eigenvalue weighted by Crippen LogP contribution is 2.16. The summed E-state index contributed by atoms with van der Waals surface area (Å²) in [6.45, 7) is 0. The van der Waals surface area contributed by atoms with Gasteiger partial charge in [-0.3, -0.25) is 9.59 Å². The molecule has 1 amide bonds. The molecule has 0 atom stereocenters. The van der Waals surface area contributed by atoms with Crippen LogP contribution in [0.3, 0.4) is 0 Å². The molecule has 0 aliphatic carbocycles. The molecule has 0 bridgehead atoms. The molecule has 0 radical (unpaired) electrons. The molecule has 2 heterocycles. The summed E-state index contributed by atoms with van der Waals surface area (Å²) in [5.74, 6) is -0.554. The van der Waals surface area contributed by atoms with Crippen LogP contribution in [-0.4, -0.2) is 20.6 Å². The van der Waals surface area contributed by atoms with Crippen LogP contribution in [0, 0.1) is 0 Å². The van der Waals surface area contributed by atoms with Gasteiger partial charge < -0.3 is 14.4 Å². The molecule has 0 fully saturated rings. The smallest absolute Gasteiger partial charge is 0.278 e. The number of amides is 1. The molecule has 7 nitrogen and oxygen atoms in total. The Labute approximate surface area is 123 Å². The van der Waals surface area contributed by atoms with E-state index in [-0.39, 0.29) is 16.8 Å². The number of rotatable bonds is 2. The Morgan fingerprint density at radius 1 is 1.33 bits per heavy atom. The van der Waals surface area contributed by atoms with Gasteiger partial charge in [0.05, 0.1) is 0 Å². The zero-order chi connectivity index (χ0) is 15.0. The maximum atomic E-state index is 12.2. The van der Waals surface area contributed by atoms with Gasteiger partial charge in [0.1, 0.15) is 11.7 Å². The summed E-state index contributed by atoms with van der Waals surface area (Å²) in [5.41, 5.74) is 0.0526. The quantitative estimate of drug-likeness (QED) is 0.780. The third kappa shape index (κ3) is 2.38. The van der Waals surface area contributed by atoms with Gasteiger partial charge in [-0.05, 0) is 24.3 Å². The topological polar surface area (TPSA) is 90.0 Å². The standard InChI is InChI=1S/C13H9ClN4O3/c1-18-6-15-12-9(13(18)20)10(17-21-12)11(19)16-8-4-2-7(14)3-5-8/h2-6H,1H3,(H,16,19). The van der Waals surface area contributed by atoms with Crippen LogP contribution in [0.4, 0.5) is 5.69 Å². The lowest BCUT2D eigenvalue weighted by atomic mass is 10.2. The van der Waals surface area contributed by atoms with Crippen molar-refractivity contribution in [1.82, 2.24) is 14.7 Å². The van der Waals surface area contributed by atoms with Crippen molar-refractivity contribution in [3.05, 3.63) is 51.7 Å². The number of nitrogens with zero attached hydrogens (tertiary/aromatic N) is 3. The average Bonchev–Trinajstić information content (AvgIpc) is 2.90. The third-order valence-electron chi connectivity index (χ3n) is 2.87. The molecule has 21 heavy (non-hydrogen) atoms. The predicted octanol–water partition coefficient (Wildman–Crippen LogP) is 1.83. The van der Waals surface area contributed by atoms with Gasteiger partial charge >= 0.3 is 0 Å². The summed E-state index contributed by atoms with van der Waals surface area (Å²) in [6.07, 6.45) is 1.30. The number of hydrogen-bond acceptors (Lipinski definition) is 5. The van der Waals surface area contributed by atoms with Crippen LogP contribution < -0.4 is 10.9 Å². The molecular weight excluding hydrogens is 296 g/mol. The first kappa shape index (κ1) is 13.3. The highest BCUT2D eigenvalue weighted by Gasteiger charge is 2.20. The molecule has 2 aromatic heterocycles. The highest BCUT2D eigenvalue weighted by atomic mass is 35.5. The van der Waals surface area contributed by atoms with E-state index in [9.17, 15) is 9.59 Å². The summed E-state index contributed by atoms with van der Waals surface area (Å²) in [6, 6.07) is 6.55. The van der Waals surface area contributed by atoms with Gasteiger partial charge in [0, 0.05) is 17.8 Å². The van der Waals surface area contributed by atoms with Crippen molar-refractivity contribution in [2.75, 3.05) is 5.32 Å². The van der Waals surface area contributed by atoms with E-state index in [1.807, 2.05) is 0 Å². The van der Waals surface area contributed by atoms with E-state index in [0.29, 0.717) is 10.7 Å². The Morgan fingerprint density at radius 2 is 2.05 bits per heavy atom. The van der Waals surface area contributed by atoms with Crippen molar-refractivity contribution in [1.29, 1.82) is 0 Å². The van der Waals surface area contributed by atoms with Crippen LogP contribution >= 0.6 is 11.6 Å². The highest BCUT2D eigenvalue weighted by molar-refractivity contribution is 6.30. The lowest BCUT2D eigenvalue weighted by molar-refractivity contribution is 0.102. The number of anilines is 1. The molecule has 3 rings (SSSR count). The summed E-state index contributed by atoms with van der Waals surface area (Å²) in [5, 5.41) is 6.84. The van der Waals surface area contributed by atoms with Crippen LogP contribution in [0.2, 0.25) is 5.02 Å². The lowest BCUT2D eigenvalue weighted by Crippen LogP contribution is -2.20. The number of benzene rings is 1. The number of halogens is 1. The second-order valence-corrected chi connectivity index (χ2v) is 4.77. The van der Waals surface area contributed by atoms with Crippen molar-refractivity contribution in [2.45, 2.75) is 0 Å². The zero-order valence-corrected chi connectivity index (χ0v) is 11.6. The van der Waals surface area contributed by atoms with Crippen molar-refractivity contribution < 1.29 is 9.32 Å². The summed E-state index contributed by atoms with van der Waals surface area (Å²) >= 11 is 5.77. The second kappa shape index (κ2) is 5.02. The Balaban J connectivity index is 2.00. The molecule has 0 unspecified atom stereocenters. The number of nitrogens with one attached hydrogen (secondary N) is 1. The normalized spacial score (nSPS) is 10.8. The molecule has 8 heteroatoms. The van der Waals surface area contributed by atoms with E-state index >= 15 is 0 Å². The second-order valence-electron chi connectivity index (χ2n) is 4.33. The number of fused-ring (bicyclic) bond motifs is 1. The SMILES string of the molecule is Cn1cnc2onc(C(=O)Nc3ccc(Cl)cc3)c2c1=O.